The van der Waals surface area contributed by atoms with Crippen LogP contribution >= 0.6 is 0 Å². The third kappa shape index (κ3) is 3.85. The van der Waals surface area contributed by atoms with E-state index in [2.05, 4.69) is 24.0 Å². The summed E-state index contributed by atoms with van der Waals surface area (Å²) in [4.78, 5) is 27.3. The van der Waals surface area contributed by atoms with Crippen molar-refractivity contribution in [1.29, 1.82) is 0 Å². The summed E-state index contributed by atoms with van der Waals surface area (Å²) in [6, 6.07) is 6.35. The molecule has 2 heterocycles. The van der Waals surface area contributed by atoms with Crippen molar-refractivity contribution in [2.75, 3.05) is 31.1 Å². The molecule has 1 amide bonds. The maximum atomic E-state index is 12.3. The van der Waals surface area contributed by atoms with Gasteiger partial charge in [0.05, 0.1) is 12.1 Å². The van der Waals surface area contributed by atoms with Crippen LogP contribution in [0.4, 0.5) is 10.5 Å². The lowest BCUT2D eigenvalue weighted by atomic mass is 9.91. The van der Waals surface area contributed by atoms with Gasteiger partial charge in [0, 0.05) is 38.2 Å². The van der Waals surface area contributed by atoms with E-state index in [1.807, 2.05) is 0 Å². The molecule has 6 heteroatoms. The number of rotatable bonds is 5. The molecule has 2 aliphatic rings. The molecule has 3 rings (SSSR count). The number of allylic oxidation sites excluding steroid dienone is 1. The minimum Gasteiger partial charge on any atom is -0.478 e. The Morgan fingerprint density at radius 3 is 2.52 bits per heavy atom. The van der Waals surface area contributed by atoms with Gasteiger partial charge in [0.2, 0.25) is 0 Å². The largest absolute Gasteiger partial charge is 0.478 e. The van der Waals surface area contributed by atoms with Crippen molar-refractivity contribution in [3.05, 3.63) is 42.0 Å². The standard InChI is InChI=1S/C19H24N2O4/c1-2-3-4-11-20-12-9-19(10-13-20)14-21(18(24)25-19)16-7-5-15(6-8-16)17(22)23/h3-8H,2,9-14H2,1H3,(H,22,23)/b4-3+. The Balaban J connectivity index is 1.63. The molecule has 2 aliphatic heterocycles. The van der Waals surface area contributed by atoms with Gasteiger partial charge in [-0.1, -0.05) is 19.1 Å². The van der Waals surface area contributed by atoms with Crippen LogP contribution in [0, 0.1) is 0 Å². The molecule has 1 N–H and O–H groups in total. The number of hydrogen-bond donors (Lipinski definition) is 1. The minimum absolute atomic E-state index is 0.208. The zero-order chi connectivity index (χ0) is 17.9. The van der Waals surface area contributed by atoms with E-state index in [0.717, 1.165) is 38.9 Å². The van der Waals surface area contributed by atoms with E-state index in [9.17, 15) is 9.59 Å². The molecule has 0 saturated carbocycles. The smallest absolute Gasteiger partial charge is 0.415 e. The van der Waals surface area contributed by atoms with Gasteiger partial charge in [0.25, 0.3) is 0 Å². The average Bonchev–Trinajstić information content (AvgIpc) is 2.93. The molecule has 2 fully saturated rings. The Labute approximate surface area is 147 Å². The first-order valence-electron chi connectivity index (χ1n) is 8.74. The second kappa shape index (κ2) is 7.27. The van der Waals surface area contributed by atoms with Crippen LogP contribution in [0.25, 0.3) is 0 Å². The quantitative estimate of drug-likeness (QED) is 0.831. The van der Waals surface area contributed by atoms with Crippen molar-refractivity contribution in [2.45, 2.75) is 31.8 Å². The highest BCUT2D eigenvalue weighted by Gasteiger charge is 2.47. The fourth-order valence-corrected chi connectivity index (χ4v) is 3.40. The maximum absolute atomic E-state index is 12.3. The fraction of sp³-hybridized carbons (Fsp3) is 0.474. The van der Waals surface area contributed by atoms with Gasteiger partial charge in [-0.2, -0.15) is 0 Å². The zero-order valence-electron chi connectivity index (χ0n) is 14.5. The molecule has 1 aromatic rings. The highest BCUT2D eigenvalue weighted by molar-refractivity contribution is 5.92. The number of likely N-dealkylation sites (tertiary alicyclic amines) is 1. The van der Waals surface area contributed by atoms with E-state index < -0.39 is 11.6 Å². The summed E-state index contributed by atoms with van der Waals surface area (Å²) in [5.41, 5.74) is 0.465. The summed E-state index contributed by atoms with van der Waals surface area (Å²) in [6.07, 6.45) is 6.70. The normalized spacial score (nSPS) is 20.4. The molecule has 2 saturated heterocycles. The predicted octanol–water partition coefficient (Wildman–Crippen LogP) is 3.14. The molecule has 134 valence electrons. The highest BCUT2D eigenvalue weighted by Crippen LogP contribution is 2.35. The number of carbonyl (C=O) groups excluding carboxylic acids is 1. The lowest BCUT2D eigenvalue weighted by Gasteiger charge is -2.36. The van der Waals surface area contributed by atoms with Gasteiger partial charge >= 0.3 is 12.1 Å². The third-order valence-corrected chi connectivity index (χ3v) is 4.93. The van der Waals surface area contributed by atoms with Gasteiger partial charge in [-0.15, -0.1) is 0 Å². The number of hydrogen-bond acceptors (Lipinski definition) is 4. The van der Waals surface area contributed by atoms with E-state index in [0.29, 0.717) is 12.2 Å². The van der Waals surface area contributed by atoms with Crippen molar-refractivity contribution < 1.29 is 19.4 Å². The Morgan fingerprint density at radius 1 is 1.24 bits per heavy atom. The summed E-state index contributed by atoms with van der Waals surface area (Å²) in [5, 5.41) is 8.98. The molecule has 25 heavy (non-hydrogen) atoms. The van der Waals surface area contributed by atoms with Crippen LogP contribution in [0.15, 0.2) is 36.4 Å². The van der Waals surface area contributed by atoms with Crippen LogP contribution in [0.1, 0.15) is 36.5 Å². The van der Waals surface area contributed by atoms with E-state index in [4.69, 9.17) is 9.84 Å². The van der Waals surface area contributed by atoms with E-state index in [1.54, 1.807) is 17.0 Å². The van der Waals surface area contributed by atoms with Gasteiger partial charge in [-0.3, -0.25) is 9.80 Å². The van der Waals surface area contributed by atoms with Crippen LogP contribution < -0.4 is 4.90 Å². The lowest BCUT2D eigenvalue weighted by molar-refractivity contribution is 0.00357. The Morgan fingerprint density at radius 2 is 1.92 bits per heavy atom. The topological polar surface area (TPSA) is 70.1 Å². The molecule has 0 unspecified atom stereocenters. The Kier molecular flexibility index (Phi) is 5.08. The van der Waals surface area contributed by atoms with E-state index >= 15 is 0 Å². The summed E-state index contributed by atoms with van der Waals surface area (Å²) in [5.74, 6) is -0.975. The second-order valence-electron chi connectivity index (χ2n) is 6.67. The number of aromatic carboxylic acids is 1. The Hall–Kier alpha value is -2.34. The number of amides is 1. The first-order chi connectivity index (χ1) is 12.0. The SMILES string of the molecule is CC/C=C/CN1CCC2(CC1)CN(c1ccc(C(=O)O)cc1)C(=O)O2. The van der Waals surface area contributed by atoms with Crippen LogP contribution in [-0.2, 0) is 4.74 Å². The number of carboxylic acids is 1. The molecule has 0 radical (unpaired) electrons. The molecule has 0 aliphatic carbocycles. The fourth-order valence-electron chi connectivity index (χ4n) is 3.40. The predicted molar refractivity (Wildman–Crippen MR) is 95.1 cm³/mol. The van der Waals surface area contributed by atoms with Crippen molar-refractivity contribution in [3.8, 4) is 0 Å². The van der Waals surface area contributed by atoms with Crippen molar-refractivity contribution in [1.82, 2.24) is 4.90 Å². The summed E-state index contributed by atoms with van der Waals surface area (Å²) in [7, 11) is 0. The zero-order valence-corrected chi connectivity index (χ0v) is 14.5. The van der Waals surface area contributed by atoms with Gasteiger partial charge in [0.15, 0.2) is 0 Å². The molecule has 6 nitrogen and oxygen atoms in total. The number of benzene rings is 1. The molecule has 1 aromatic carbocycles. The number of ether oxygens (including phenoxy) is 1. The number of carboxylic acid groups (broad SMARTS) is 1. The van der Waals surface area contributed by atoms with Crippen molar-refractivity contribution in [3.63, 3.8) is 0 Å². The van der Waals surface area contributed by atoms with E-state index in [1.165, 1.54) is 12.1 Å². The highest BCUT2D eigenvalue weighted by atomic mass is 16.6. The van der Waals surface area contributed by atoms with Crippen molar-refractivity contribution in [2.24, 2.45) is 0 Å². The van der Waals surface area contributed by atoms with Crippen LogP contribution in [-0.4, -0.2) is 53.8 Å². The molecule has 0 aromatic heterocycles. The number of carbonyl (C=O) groups is 2. The van der Waals surface area contributed by atoms with E-state index in [-0.39, 0.29) is 11.7 Å². The monoisotopic (exact) mass is 344 g/mol. The van der Waals surface area contributed by atoms with Crippen LogP contribution in [0.3, 0.4) is 0 Å². The average molecular weight is 344 g/mol. The Bertz CT molecular complexity index is 661. The summed E-state index contributed by atoms with van der Waals surface area (Å²) < 4.78 is 5.73. The molecule has 1 spiro atoms. The first kappa shape index (κ1) is 17.5. The summed E-state index contributed by atoms with van der Waals surface area (Å²) >= 11 is 0. The minimum atomic E-state index is -0.975. The number of anilines is 1. The van der Waals surface area contributed by atoms with Gasteiger partial charge in [-0.05, 0) is 30.7 Å². The number of piperidine rings is 1. The van der Waals surface area contributed by atoms with Crippen LogP contribution in [0.5, 0.6) is 0 Å². The first-order valence-corrected chi connectivity index (χ1v) is 8.74. The van der Waals surface area contributed by atoms with Crippen LogP contribution in [0.2, 0.25) is 0 Å². The van der Waals surface area contributed by atoms with Gasteiger partial charge in [0.1, 0.15) is 5.60 Å². The van der Waals surface area contributed by atoms with Gasteiger partial charge in [-0.25, -0.2) is 9.59 Å². The second-order valence-corrected chi connectivity index (χ2v) is 6.67. The lowest BCUT2D eigenvalue weighted by Crippen LogP contribution is -2.46. The number of nitrogens with zero attached hydrogens (tertiary/aromatic N) is 2. The maximum Gasteiger partial charge on any atom is 0.415 e. The molecular weight excluding hydrogens is 320 g/mol. The molecule has 0 bridgehead atoms. The molecule has 0 atom stereocenters. The summed E-state index contributed by atoms with van der Waals surface area (Å²) in [6.45, 7) is 5.41. The van der Waals surface area contributed by atoms with Gasteiger partial charge < -0.3 is 9.84 Å². The molecular formula is C19H24N2O4. The third-order valence-electron chi connectivity index (χ3n) is 4.93. The van der Waals surface area contributed by atoms with Crippen molar-refractivity contribution >= 4 is 17.7 Å².